The molecular formula is C12H14Br2O2. The van der Waals surface area contributed by atoms with Gasteiger partial charge in [0, 0.05) is 5.56 Å². The Morgan fingerprint density at radius 2 is 2.00 bits per heavy atom. The molecule has 1 atom stereocenters. The fraction of sp³-hybridized carbons (Fsp3) is 0.417. The molecule has 0 spiro atoms. The minimum atomic E-state index is -0.146. The lowest BCUT2D eigenvalue weighted by Crippen LogP contribution is -2.20. The number of rotatable bonds is 4. The number of carbonyl (C=O) groups is 1. The summed E-state index contributed by atoms with van der Waals surface area (Å²) in [5.41, 5.74) is 0.684. The first-order chi connectivity index (χ1) is 7.47. The van der Waals surface area contributed by atoms with Crippen molar-refractivity contribution in [2.45, 2.75) is 18.7 Å². The summed E-state index contributed by atoms with van der Waals surface area (Å²) < 4.78 is 5.91. The standard InChI is InChI=1S/C12H14Br2O2/c1-7(2)11(14)12(15)8-4-5-10(16-3)9(13)6-8/h4-7,11H,1-3H3/t11-/m0/s1. The zero-order valence-electron chi connectivity index (χ0n) is 9.46. The minimum absolute atomic E-state index is 0.0957. The van der Waals surface area contributed by atoms with Gasteiger partial charge in [-0.25, -0.2) is 0 Å². The average molecular weight is 350 g/mol. The van der Waals surface area contributed by atoms with E-state index in [0.717, 1.165) is 10.2 Å². The van der Waals surface area contributed by atoms with E-state index in [-0.39, 0.29) is 16.5 Å². The van der Waals surface area contributed by atoms with E-state index < -0.39 is 0 Å². The summed E-state index contributed by atoms with van der Waals surface area (Å²) in [6.45, 7) is 4.02. The number of Topliss-reactive ketones (excluding diaryl/α,β-unsaturated/α-hetero) is 1. The van der Waals surface area contributed by atoms with Crippen LogP contribution in [0.25, 0.3) is 0 Å². The number of ketones is 1. The van der Waals surface area contributed by atoms with Gasteiger partial charge in [0.15, 0.2) is 5.78 Å². The molecule has 0 N–H and O–H groups in total. The van der Waals surface area contributed by atoms with E-state index >= 15 is 0 Å². The summed E-state index contributed by atoms with van der Waals surface area (Å²) in [6, 6.07) is 5.36. The van der Waals surface area contributed by atoms with Crippen molar-refractivity contribution in [1.29, 1.82) is 0 Å². The van der Waals surface area contributed by atoms with E-state index in [0.29, 0.717) is 5.56 Å². The van der Waals surface area contributed by atoms with Crippen LogP contribution in [0.5, 0.6) is 5.75 Å². The summed E-state index contributed by atoms with van der Waals surface area (Å²) in [7, 11) is 1.60. The van der Waals surface area contributed by atoms with Crippen LogP contribution in [-0.2, 0) is 0 Å². The number of hydrogen-bond donors (Lipinski definition) is 0. The highest BCUT2D eigenvalue weighted by atomic mass is 79.9. The second kappa shape index (κ2) is 5.82. The van der Waals surface area contributed by atoms with Gasteiger partial charge in [-0.05, 0) is 40.0 Å². The number of methoxy groups -OCH3 is 1. The quantitative estimate of drug-likeness (QED) is 0.605. The third kappa shape index (κ3) is 3.08. The van der Waals surface area contributed by atoms with Crippen molar-refractivity contribution >= 4 is 37.6 Å². The third-order valence-electron chi connectivity index (χ3n) is 2.27. The molecule has 0 aromatic heterocycles. The van der Waals surface area contributed by atoms with Crippen LogP contribution in [0.2, 0.25) is 0 Å². The second-order valence-corrected chi connectivity index (χ2v) is 5.70. The molecular weight excluding hydrogens is 336 g/mol. The van der Waals surface area contributed by atoms with Crippen LogP contribution in [0, 0.1) is 5.92 Å². The van der Waals surface area contributed by atoms with Gasteiger partial charge in [0.25, 0.3) is 0 Å². The molecule has 0 unspecified atom stereocenters. The van der Waals surface area contributed by atoms with Gasteiger partial charge in [-0.3, -0.25) is 4.79 Å². The molecule has 16 heavy (non-hydrogen) atoms. The van der Waals surface area contributed by atoms with Crippen LogP contribution in [0.4, 0.5) is 0 Å². The van der Waals surface area contributed by atoms with Crippen molar-refractivity contribution in [3.8, 4) is 5.75 Å². The fourth-order valence-electron chi connectivity index (χ4n) is 1.28. The third-order valence-corrected chi connectivity index (χ3v) is 4.36. The van der Waals surface area contributed by atoms with Gasteiger partial charge < -0.3 is 4.74 Å². The predicted molar refractivity (Wildman–Crippen MR) is 72.6 cm³/mol. The van der Waals surface area contributed by atoms with Gasteiger partial charge >= 0.3 is 0 Å². The molecule has 0 aliphatic heterocycles. The fourth-order valence-corrected chi connectivity index (χ4v) is 2.09. The summed E-state index contributed by atoms with van der Waals surface area (Å²) in [4.78, 5) is 11.9. The first-order valence-corrected chi connectivity index (χ1v) is 6.70. The average Bonchev–Trinajstić information content (AvgIpc) is 2.26. The van der Waals surface area contributed by atoms with Gasteiger partial charge in [0.2, 0.25) is 0 Å². The van der Waals surface area contributed by atoms with Gasteiger partial charge in [-0.15, -0.1) is 0 Å². The molecule has 0 heterocycles. The predicted octanol–water partition coefficient (Wildman–Crippen LogP) is 4.06. The Morgan fingerprint density at radius 1 is 1.38 bits per heavy atom. The first kappa shape index (κ1) is 13.7. The van der Waals surface area contributed by atoms with Crippen molar-refractivity contribution in [2.24, 2.45) is 5.92 Å². The molecule has 1 rings (SSSR count). The maximum absolute atomic E-state index is 12.0. The number of alkyl halides is 1. The van der Waals surface area contributed by atoms with Crippen molar-refractivity contribution in [3.05, 3.63) is 28.2 Å². The molecule has 0 radical (unpaired) electrons. The molecule has 0 saturated carbocycles. The van der Waals surface area contributed by atoms with Crippen LogP contribution in [-0.4, -0.2) is 17.7 Å². The lowest BCUT2D eigenvalue weighted by atomic mass is 10.0. The number of halogens is 2. The number of ether oxygens (including phenoxy) is 1. The van der Waals surface area contributed by atoms with Crippen LogP contribution in [0.1, 0.15) is 24.2 Å². The molecule has 0 aliphatic rings. The molecule has 0 aliphatic carbocycles. The molecule has 88 valence electrons. The van der Waals surface area contributed by atoms with E-state index in [9.17, 15) is 4.79 Å². The molecule has 0 amide bonds. The summed E-state index contributed by atoms with van der Waals surface area (Å²) in [6.07, 6.45) is 0. The van der Waals surface area contributed by atoms with E-state index in [1.54, 1.807) is 25.3 Å². The number of benzene rings is 1. The molecule has 0 bridgehead atoms. The Labute approximate surface area is 113 Å². The maximum Gasteiger partial charge on any atom is 0.176 e. The van der Waals surface area contributed by atoms with E-state index in [1.807, 2.05) is 13.8 Å². The highest BCUT2D eigenvalue weighted by Crippen LogP contribution is 2.27. The Hall–Kier alpha value is -0.350. The van der Waals surface area contributed by atoms with E-state index in [2.05, 4.69) is 31.9 Å². The molecule has 4 heteroatoms. The zero-order valence-corrected chi connectivity index (χ0v) is 12.6. The monoisotopic (exact) mass is 348 g/mol. The van der Waals surface area contributed by atoms with Crippen molar-refractivity contribution < 1.29 is 9.53 Å². The molecule has 1 aromatic rings. The molecule has 0 saturated heterocycles. The Bertz CT molecular complexity index is 389. The molecule has 0 fully saturated rings. The largest absolute Gasteiger partial charge is 0.496 e. The van der Waals surface area contributed by atoms with Crippen LogP contribution >= 0.6 is 31.9 Å². The van der Waals surface area contributed by atoms with Crippen LogP contribution < -0.4 is 4.74 Å². The lowest BCUT2D eigenvalue weighted by Gasteiger charge is -2.13. The second-order valence-electron chi connectivity index (χ2n) is 3.86. The van der Waals surface area contributed by atoms with E-state index in [1.165, 1.54) is 0 Å². The number of carbonyl (C=O) groups excluding carboxylic acids is 1. The zero-order chi connectivity index (χ0) is 12.3. The van der Waals surface area contributed by atoms with Crippen molar-refractivity contribution in [3.63, 3.8) is 0 Å². The van der Waals surface area contributed by atoms with Crippen LogP contribution in [0.3, 0.4) is 0 Å². The highest BCUT2D eigenvalue weighted by Gasteiger charge is 2.20. The normalized spacial score (nSPS) is 12.6. The first-order valence-electron chi connectivity index (χ1n) is 4.99. The maximum atomic E-state index is 12.0. The van der Waals surface area contributed by atoms with Gasteiger partial charge in [-0.1, -0.05) is 29.8 Å². The Balaban J connectivity index is 2.97. The topological polar surface area (TPSA) is 26.3 Å². The minimum Gasteiger partial charge on any atom is -0.496 e. The van der Waals surface area contributed by atoms with E-state index in [4.69, 9.17) is 4.74 Å². The summed E-state index contributed by atoms with van der Waals surface area (Å²) >= 11 is 6.78. The highest BCUT2D eigenvalue weighted by molar-refractivity contribution is 9.10. The van der Waals surface area contributed by atoms with Gasteiger partial charge in [-0.2, -0.15) is 0 Å². The molecule has 1 aromatic carbocycles. The lowest BCUT2D eigenvalue weighted by molar-refractivity contribution is 0.0978. The van der Waals surface area contributed by atoms with Crippen LogP contribution in [0.15, 0.2) is 22.7 Å². The van der Waals surface area contributed by atoms with Gasteiger partial charge in [0.05, 0.1) is 16.4 Å². The Kier molecular flexibility index (Phi) is 4.99. The summed E-state index contributed by atoms with van der Waals surface area (Å²) in [5, 5.41) is 0. The number of hydrogen-bond acceptors (Lipinski definition) is 2. The smallest absolute Gasteiger partial charge is 0.176 e. The Morgan fingerprint density at radius 3 is 2.44 bits per heavy atom. The van der Waals surface area contributed by atoms with Crippen molar-refractivity contribution in [2.75, 3.05) is 7.11 Å². The summed E-state index contributed by atoms with van der Waals surface area (Å²) in [5.74, 6) is 1.10. The van der Waals surface area contributed by atoms with Crippen molar-refractivity contribution in [1.82, 2.24) is 0 Å². The SMILES string of the molecule is COc1ccc(C(=O)[C@@H](Br)C(C)C)cc1Br. The van der Waals surface area contributed by atoms with Gasteiger partial charge in [0.1, 0.15) is 5.75 Å². The molecule has 2 nitrogen and oxygen atoms in total.